The maximum atomic E-state index is 12.3. The number of methoxy groups -OCH3 is 1. The summed E-state index contributed by atoms with van der Waals surface area (Å²) in [7, 11) is 1.73. The van der Waals surface area contributed by atoms with Crippen LogP contribution in [0.5, 0.6) is 0 Å². The summed E-state index contributed by atoms with van der Waals surface area (Å²) in [6, 6.07) is 1.82. The second kappa shape index (κ2) is 5.33. The van der Waals surface area contributed by atoms with Crippen LogP contribution in [0.3, 0.4) is 0 Å². The van der Waals surface area contributed by atoms with Gasteiger partial charge in [-0.1, -0.05) is 5.16 Å². The molecular weight excluding hydrogens is 244 g/mol. The molecule has 0 aromatic carbocycles. The van der Waals surface area contributed by atoms with E-state index in [1.165, 1.54) is 0 Å². The molecule has 0 bridgehead atoms. The molecule has 3 rings (SSSR count). The molecule has 1 saturated carbocycles. The van der Waals surface area contributed by atoms with Gasteiger partial charge in [-0.25, -0.2) is 0 Å². The van der Waals surface area contributed by atoms with E-state index in [0.29, 0.717) is 17.5 Å². The number of carbonyl (C=O) groups excluding carboxylic acids is 1. The maximum Gasteiger partial charge on any atom is 0.276 e. The number of hydrogen-bond acceptors (Lipinski definition) is 4. The van der Waals surface area contributed by atoms with Crippen LogP contribution >= 0.6 is 0 Å². The Hall–Kier alpha value is -1.36. The molecule has 0 spiro atoms. The summed E-state index contributed by atoms with van der Waals surface area (Å²) in [4.78, 5) is 14.2. The van der Waals surface area contributed by atoms with Crippen LogP contribution in [0, 0.1) is 5.92 Å². The second-order valence-corrected chi connectivity index (χ2v) is 5.58. The molecule has 0 radical (unpaired) electrons. The molecule has 104 valence electrons. The van der Waals surface area contributed by atoms with E-state index >= 15 is 0 Å². The Morgan fingerprint density at radius 1 is 1.42 bits per heavy atom. The minimum Gasteiger partial charge on any atom is -0.384 e. The molecule has 0 N–H and O–H groups in total. The summed E-state index contributed by atoms with van der Waals surface area (Å²) in [5, 5.41) is 3.92. The predicted molar refractivity (Wildman–Crippen MR) is 69.0 cm³/mol. The van der Waals surface area contributed by atoms with Gasteiger partial charge in [0, 0.05) is 38.8 Å². The lowest BCUT2D eigenvalue weighted by Crippen LogP contribution is -2.39. The van der Waals surface area contributed by atoms with Crippen molar-refractivity contribution < 1.29 is 14.1 Å². The van der Waals surface area contributed by atoms with Crippen molar-refractivity contribution in [2.75, 3.05) is 26.8 Å². The molecule has 2 fully saturated rings. The molecule has 1 aromatic heterocycles. The number of ether oxygens (including phenoxy) is 1. The molecule has 0 unspecified atom stereocenters. The van der Waals surface area contributed by atoms with E-state index in [4.69, 9.17) is 9.26 Å². The number of likely N-dealkylation sites (tertiary alicyclic amines) is 1. The molecule has 1 aliphatic carbocycles. The van der Waals surface area contributed by atoms with Gasteiger partial charge in [0.05, 0.1) is 0 Å². The number of carbonyl (C=O) groups is 1. The van der Waals surface area contributed by atoms with Crippen molar-refractivity contribution in [1.82, 2.24) is 10.1 Å². The molecule has 2 aliphatic rings. The summed E-state index contributed by atoms with van der Waals surface area (Å²) in [5.74, 6) is 1.96. The van der Waals surface area contributed by atoms with Crippen LogP contribution in [-0.4, -0.2) is 42.8 Å². The fourth-order valence-electron chi connectivity index (χ4n) is 2.65. The lowest BCUT2D eigenvalue weighted by molar-refractivity contribution is 0.0604. The molecule has 5 heteroatoms. The van der Waals surface area contributed by atoms with E-state index in [1.807, 2.05) is 11.0 Å². The van der Waals surface area contributed by atoms with Crippen LogP contribution in [0.1, 0.15) is 47.8 Å². The first-order valence-electron chi connectivity index (χ1n) is 7.02. The zero-order valence-electron chi connectivity index (χ0n) is 11.3. The molecule has 1 aromatic rings. The van der Waals surface area contributed by atoms with E-state index in [1.54, 1.807) is 7.11 Å². The fourth-order valence-corrected chi connectivity index (χ4v) is 2.65. The van der Waals surface area contributed by atoms with Crippen molar-refractivity contribution in [1.29, 1.82) is 0 Å². The minimum atomic E-state index is 0.00603. The Kier molecular flexibility index (Phi) is 3.55. The summed E-state index contributed by atoms with van der Waals surface area (Å²) < 4.78 is 10.4. The lowest BCUT2D eigenvalue weighted by Gasteiger charge is -2.31. The molecule has 0 atom stereocenters. The number of rotatable bonds is 4. The Bertz CT molecular complexity index is 445. The summed E-state index contributed by atoms with van der Waals surface area (Å²) in [5.41, 5.74) is 0.465. The van der Waals surface area contributed by atoms with Gasteiger partial charge in [0.25, 0.3) is 5.91 Å². The summed E-state index contributed by atoms with van der Waals surface area (Å²) >= 11 is 0. The van der Waals surface area contributed by atoms with Gasteiger partial charge >= 0.3 is 0 Å². The first-order valence-corrected chi connectivity index (χ1v) is 7.02. The van der Waals surface area contributed by atoms with Gasteiger partial charge in [0.1, 0.15) is 5.76 Å². The number of nitrogens with zero attached hydrogens (tertiary/aromatic N) is 2. The van der Waals surface area contributed by atoms with Crippen molar-refractivity contribution in [2.45, 2.75) is 31.6 Å². The van der Waals surface area contributed by atoms with Gasteiger partial charge < -0.3 is 14.2 Å². The smallest absolute Gasteiger partial charge is 0.276 e. The van der Waals surface area contributed by atoms with Crippen molar-refractivity contribution in [3.63, 3.8) is 0 Å². The number of aromatic nitrogens is 1. The maximum absolute atomic E-state index is 12.3. The zero-order chi connectivity index (χ0) is 13.2. The third-order valence-corrected chi connectivity index (χ3v) is 4.03. The van der Waals surface area contributed by atoms with E-state index in [2.05, 4.69) is 5.16 Å². The Morgan fingerprint density at radius 3 is 2.79 bits per heavy atom. The SMILES string of the molecule is COCC1CCN(C(=O)c2cc(C3CC3)on2)CC1. The highest BCUT2D eigenvalue weighted by atomic mass is 16.5. The molecule has 1 saturated heterocycles. The molecule has 1 amide bonds. The quantitative estimate of drug-likeness (QED) is 0.835. The van der Waals surface area contributed by atoms with E-state index < -0.39 is 0 Å². The van der Waals surface area contributed by atoms with Crippen molar-refractivity contribution in [3.05, 3.63) is 17.5 Å². The van der Waals surface area contributed by atoms with Crippen molar-refractivity contribution in [3.8, 4) is 0 Å². The highest BCUT2D eigenvalue weighted by molar-refractivity contribution is 5.92. The first kappa shape index (κ1) is 12.7. The highest BCUT2D eigenvalue weighted by Gasteiger charge is 2.30. The van der Waals surface area contributed by atoms with Crippen molar-refractivity contribution >= 4 is 5.91 Å². The van der Waals surface area contributed by atoms with Crippen LogP contribution in [0.25, 0.3) is 0 Å². The topological polar surface area (TPSA) is 55.6 Å². The van der Waals surface area contributed by atoms with Gasteiger partial charge in [-0.15, -0.1) is 0 Å². The normalized spacial score (nSPS) is 20.8. The average molecular weight is 264 g/mol. The summed E-state index contributed by atoms with van der Waals surface area (Å²) in [6.45, 7) is 2.37. The van der Waals surface area contributed by atoms with Crippen LogP contribution in [0.4, 0.5) is 0 Å². The van der Waals surface area contributed by atoms with Gasteiger partial charge in [-0.05, 0) is 31.6 Å². The Morgan fingerprint density at radius 2 is 2.16 bits per heavy atom. The molecule has 5 nitrogen and oxygen atoms in total. The van der Waals surface area contributed by atoms with Crippen LogP contribution in [-0.2, 0) is 4.74 Å². The first-order chi connectivity index (χ1) is 9.28. The molecular formula is C14H20N2O3. The van der Waals surface area contributed by atoms with E-state index in [-0.39, 0.29) is 5.91 Å². The molecule has 1 aliphatic heterocycles. The molecule has 19 heavy (non-hydrogen) atoms. The average Bonchev–Trinajstić information content (AvgIpc) is 3.17. The minimum absolute atomic E-state index is 0.00603. The van der Waals surface area contributed by atoms with Crippen LogP contribution < -0.4 is 0 Å². The van der Waals surface area contributed by atoms with Crippen LogP contribution in [0.2, 0.25) is 0 Å². The van der Waals surface area contributed by atoms with E-state index in [0.717, 1.165) is 51.1 Å². The fraction of sp³-hybridized carbons (Fsp3) is 0.714. The third kappa shape index (κ3) is 2.81. The largest absolute Gasteiger partial charge is 0.384 e. The van der Waals surface area contributed by atoms with E-state index in [9.17, 15) is 4.79 Å². The number of piperidine rings is 1. The lowest BCUT2D eigenvalue weighted by atomic mass is 9.97. The van der Waals surface area contributed by atoms with Gasteiger partial charge in [0.2, 0.25) is 0 Å². The van der Waals surface area contributed by atoms with Crippen LogP contribution in [0.15, 0.2) is 10.6 Å². The number of hydrogen-bond donors (Lipinski definition) is 0. The van der Waals surface area contributed by atoms with Gasteiger partial charge in [-0.3, -0.25) is 4.79 Å². The van der Waals surface area contributed by atoms with Gasteiger partial charge in [0.15, 0.2) is 5.69 Å². The number of amides is 1. The summed E-state index contributed by atoms with van der Waals surface area (Å²) in [6.07, 6.45) is 4.33. The van der Waals surface area contributed by atoms with Crippen molar-refractivity contribution in [2.24, 2.45) is 5.92 Å². The third-order valence-electron chi connectivity index (χ3n) is 4.03. The van der Waals surface area contributed by atoms with Gasteiger partial charge in [-0.2, -0.15) is 0 Å². The Labute approximate surface area is 112 Å². The second-order valence-electron chi connectivity index (χ2n) is 5.58. The predicted octanol–water partition coefficient (Wildman–Crippen LogP) is 2.05. The Balaban J connectivity index is 1.57. The standard InChI is InChI=1S/C14H20N2O3/c1-18-9-10-4-6-16(7-5-10)14(17)12-8-13(19-15-12)11-2-3-11/h8,10-11H,2-7,9H2,1H3. The monoisotopic (exact) mass is 264 g/mol. The highest BCUT2D eigenvalue weighted by Crippen LogP contribution is 2.40. The molecule has 2 heterocycles. The zero-order valence-corrected chi connectivity index (χ0v) is 11.3.